The van der Waals surface area contributed by atoms with Gasteiger partial charge in [-0.15, -0.1) is 0 Å². The number of halogens is 3. The SMILES string of the molecule is CN(C)c1cc[n+](CC(=O)Nc2ccc(OC(F)F)cc2)cc1.[Cl-]. The Morgan fingerprint density at radius 1 is 1.17 bits per heavy atom. The van der Waals surface area contributed by atoms with E-state index in [0.29, 0.717) is 5.69 Å². The number of carbonyl (C=O) groups is 1. The molecule has 0 bridgehead atoms. The van der Waals surface area contributed by atoms with Crippen LogP contribution in [0.4, 0.5) is 20.2 Å². The smallest absolute Gasteiger partial charge is 0.387 e. The van der Waals surface area contributed by atoms with Gasteiger partial charge >= 0.3 is 6.61 Å². The number of anilines is 2. The number of rotatable bonds is 6. The molecule has 8 heteroatoms. The van der Waals surface area contributed by atoms with Gasteiger partial charge in [-0.1, -0.05) is 0 Å². The minimum atomic E-state index is -2.86. The van der Waals surface area contributed by atoms with Crippen LogP contribution in [0.1, 0.15) is 0 Å². The van der Waals surface area contributed by atoms with Crippen LogP contribution in [0.5, 0.6) is 5.75 Å². The van der Waals surface area contributed by atoms with E-state index in [4.69, 9.17) is 0 Å². The third kappa shape index (κ3) is 6.00. The van der Waals surface area contributed by atoms with Gasteiger partial charge in [0.25, 0.3) is 5.91 Å². The minimum Gasteiger partial charge on any atom is -1.00 e. The number of nitrogens with zero attached hydrogens (tertiary/aromatic N) is 2. The molecule has 1 aromatic carbocycles. The third-order valence-corrected chi connectivity index (χ3v) is 3.08. The molecule has 0 unspecified atom stereocenters. The van der Waals surface area contributed by atoms with E-state index in [1.807, 2.05) is 43.5 Å². The molecule has 1 amide bonds. The monoisotopic (exact) mass is 357 g/mol. The van der Waals surface area contributed by atoms with E-state index < -0.39 is 6.61 Å². The van der Waals surface area contributed by atoms with Crippen molar-refractivity contribution in [2.45, 2.75) is 13.2 Å². The van der Waals surface area contributed by atoms with Crippen molar-refractivity contribution in [2.24, 2.45) is 0 Å². The topological polar surface area (TPSA) is 45.5 Å². The van der Waals surface area contributed by atoms with Gasteiger partial charge in [0, 0.05) is 37.6 Å². The molecule has 0 atom stereocenters. The molecule has 1 N–H and O–H groups in total. The molecule has 0 spiro atoms. The number of aromatic nitrogens is 1. The maximum Gasteiger partial charge on any atom is 0.387 e. The second-order valence-electron chi connectivity index (χ2n) is 5.07. The second kappa shape index (κ2) is 9.02. The van der Waals surface area contributed by atoms with Gasteiger partial charge in [-0.2, -0.15) is 13.3 Å². The Bertz CT molecular complexity index is 649. The van der Waals surface area contributed by atoms with Gasteiger partial charge in [-0.05, 0) is 24.3 Å². The van der Waals surface area contributed by atoms with Crippen molar-refractivity contribution in [1.82, 2.24) is 0 Å². The molecule has 0 aliphatic heterocycles. The summed E-state index contributed by atoms with van der Waals surface area (Å²) in [6, 6.07) is 9.58. The lowest BCUT2D eigenvalue weighted by Gasteiger charge is -2.10. The normalized spacial score (nSPS) is 10.0. The molecule has 2 rings (SSSR count). The summed E-state index contributed by atoms with van der Waals surface area (Å²) in [6.07, 6.45) is 3.63. The van der Waals surface area contributed by atoms with E-state index >= 15 is 0 Å². The molecular weight excluding hydrogens is 340 g/mol. The molecule has 1 heterocycles. The molecule has 2 aromatic rings. The number of carbonyl (C=O) groups excluding carboxylic acids is 1. The fraction of sp³-hybridized carbons (Fsp3) is 0.250. The zero-order chi connectivity index (χ0) is 16.8. The molecule has 1 aromatic heterocycles. The Morgan fingerprint density at radius 2 is 1.75 bits per heavy atom. The van der Waals surface area contributed by atoms with Crippen molar-refractivity contribution in [2.75, 3.05) is 24.3 Å². The van der Waals surface area contributed by atoms with Crippen molar-refractivity contribution < 1.29 is 35.3 Å². The predicted molar refractivity (Wildman–Crippen MR) is 82.7 cm³/mol. The summed E-state index contributed by atoms with van der Waals surface area (Å²) in [5.41, 5.74) is 1.55. The maximum absolute atomic E-state index is 12.1. The predicted octanol–water partition coefficient (Wildman–Crippen LogP) is -0.716. The van der Waals surface area contributed by atoms with Crippen LogP contribution in [0.3, 0.4) is 0 Å². The van der Waals surface area contributed by atoms with Gasteiger partial charge in [0.15, 0.2) is 12.4 Å². The van der Waals surface area contributed by atoms with Crippen LogP contribution in [0.25, 0.3) is 0 Å². The van der Waals surface area contributed by atoms with E-state index in [1.54, 1.807) is 4.57 Å². The largest absolute Gasteiger partial charge is 1.00 e. The summed E-state index contributed by atoms with van der Waals surface area (Å²) >= 11 is 0. The molecule has 0 aliphatic carbocycles. The van der Waals surface area contributed by atoms with Crippen LogP contribution in [0.2, 0.25) is 0 Å². The highest BCUT2D eigenvalue weighted by Crippen LogP contribution is 2.17. The van der Waals surface area contributed by atoms with Gasteiger partial charge in [-0.3, -0.25) is 4.79 Å². The fourth-order valence-corrected chi connectivity index (χ4v) is 1.94. The molecule has 5 nitrogen and oxygen atoms in total. The lowest BCUT2D eigenvalue weighted by molar-refractivity contribution is -0.684. The number of ether oxygens (including phenoxy) is 1. The summed E-state index contributed by atoms with van der Waals surface area (Å²) in [5.74, 6) is -0.165. The van der Waals surface area contributed by atoms with Crippen molar-refractivity contribution in [3.8, 4) is 5.75 Å². The van der Waals surface area contributed by atoms with Gasteiger partial charge < -0.3 is 27.4 Å². The first-order valence-electron chi connectivity index (χ1n) is 6.95. The van der Waals surface area contributed by atoms with Crippen LogP contribution < -0.4 is 31.9 Å². The third-order valence-electron chi connectivity index (χ3n) is 3.08. The highest BCUT2D eigenvalue weighted by atomic mass is 35.5. The van der Waals surface area contributed by atoms with E-state index in [2.05, 4.69) is 10.1 Å². The standard InChI is InChI=1S/C16H17F2N3O2.ClH/c1-20(2)13-7-9-21(10-8-13)11-15(22)19-12-3-5-14(6-4-12)23-16(17)18;/h3-10,16H,11H2,1-2H3;1H. The Kier molecular flexibility index (Phi) is 7.38. The summed E-state index contributed by atoms with van der Waals surface area (Å²) in [5, 5.41) is 2.70. The quantitative estimate of drug-likeness (QED) is 0.694. The van der Waals surface area contributed by atoms with E-state index in [-0.39, 0.29) is 30.6 Å². The fourth-order valence-electron chi connectivity index (χ4n) is 1.94. The lowest BCUT2D eigenvalue weighted by atomic mass is 10.3. The minimum absolute atomic E-state index is 0. The van der Waals surface area contributed by atoms with Crippen LogP contribution in [0.15, 0.2) is 48.8 Å². The van der Waals surface area contributed by atoms with E-state index in [0.717, 1.165) is 5.69 Å². The van der Waals surface area contributed by atoms with Crippen LogP contribution in [-0.4, -0.2) is 26.6 Å². The highest BCUT2D eigenvalue weighted by molar-refractivity contribution is 5.89. The van der Waals surface area contributed by atoms with Crippen molar-refractivity contribution >= 4 is 17.3 Å². The Balaban J connectivity index is 0.00000288. The molecule has 0 fully saturated rings. The summed E-state index contributed by atoms with van der Waals surface area (Å²) in [7, 11) is 3.88. The van der Waals surface area contributed by atoms with Crippen molar-refractivity contribution in [1.29, 1.82) is 0 Å². The molecule has 0 radical (unpaired) electrons. The molecular formula is C16H18ClF2N3O2. The van der Waals surface area contributed by atoms with E-state index in [1.165, 1.54) is 24.3 Å². The first-order chi connectivity index (χ1) is 10.9. The second-order valence-corrected chi connectivity index (χ2v) is 5.07. The molecule has 0 aliphatic rings. The van der Waals surface area contributed by atoms with Gasteiger partial charge in [-0.25, -0.2) is 0 Å². The van der Waals surface area contributed by atoms with Gasteiger partial charge in [0.2, 0.25) is 6.54 Å². The summed E-state index contributed by atoms with van der Waals surface area (Å²) in [6.45, 7) is -2.71. The lowest BCUT2D eigenvalue weighted by Crippen LogP contribution is -3.00. The number of hydrogen-bond donors (Lipinski definition) is 1. The number of benzene rings is 1. The number of hydrogen-bond acceptors (Lipinski definition) is 3. The molecule has 0 saturated carbocycles. The van der Waals surface area contributed by atoms with Crippen LogP contribution in [-0.2, 0) is 11.3 Å². The molecule has 24 heavy (non-hydrogen) atoms. The zero-order valence-corrected chi connectivity index (χ0v) is 14.0. The summed E-state index contributed by atoms with van der Waals surface area (Å²) < 4.78 is 30.1. The van der Waals surface area contributed by atoms with E-state index in [9.17, 15) is 13.6 Å². The highest BCUT2D eigenvalue weighted by Gasteiger charge is 2.10. The molecule has 130 valence electrons. The Hall–Kier alpha value is -2.41. The van der Waals surface area contributed by atoms with Crippen molar-refractivity contribution in [3.05, 3.63) is 48.8 Å². The average Bonchev–Trinajstić information content (AvgIpc) is 2.49. The number of nitrogens with one attached hydrogen (secondary N) is 1. The van der Waals surface area contributed by atoms with Crippen LogP contribution >= 0.6 is 0 Å². The zero-order valence-electron chi connectivity index (χ0n) is 13.2. The number of pyridine rings is 1. The Morgan fingerprint density at radius 3 is 2.25 bits per heavy atom. The Labute approximate surface area is 145 Å². The first-order valence-corrected chi connectivity index (χ1v) is 6.95. The van der Waals surface area contributed by atoms with Gasteiger partial charge in [0.1, 0.15) is 5.75 Å². The van der Waals surface area contributed by atoms with Gasteiger partial charge in [0.05, 0.1) is 0 Å². The molecule has 0 saturated heterocycles. The van der Waals surface area contributed by atoms with Crippen LogP contribution in [0, 0.1) is 0 Å². The number of amides is 1. The van der Waals surface area contributed by atoms with Crippen molar-refractivity contribution in [3.63, 3.8) is 0 Å². The maximum atomic E-state index is 12.1. The number of alkyl halides is 2. The summed E-state index contributed by atoms with van der Waals surface area (Å²) in [4.78, 5) is 13.9. The average molecular weight is 358 g/mol. The first kappa shape index (κ1) is 19.6.